The summed E-state index contributed by atoms with van der Waals surface area (Å²) in [6.07, 6.45) is 5.15. The Morgan fingerprint density at radius 2 is 2.40 bits per heavy atom. The van der Waals surface area contributed by atoms with Gasteiger partial charge in [-0.05, 0) is 19.3 Å². The molecule has 1 fully saturated rings. The first-order valence-corrected chi connectivity index (χ1v) is 6.41. The van der Waals surface area contributed by atoms with E-state index in [4.69, 9.17) is 0 Å². The predicted octanol–water partition coefficient (Wildman–Crippen LogP) is 2.40. The second-order valence-corrected chi connectivity index (χ2v) is 5.20. The number of hydrogen-bond donors (Lipinski definition) is 0. The van der Waals surface area contributed by atoms with Crippen molar-refractivity contribution in [3.05, 3.63) is 18.1 Å². The fourth-order valence-electron chi connectivity index (χ4n) is 1.89. The van der Waals surface area contributed by atoms with Crippen LogP contribution in [0.5, 0.6) is 0 Å². The third kappa shape index (κ3) is 2.68. The van der Waals surface area contributed by atoms with Gasteiger partial charge in [0.05, 0.1) is 0 Å². The molecule has 2 heterocycles. The van der Waals surface area contributed by atoms with E-state index in [9.17, 15) is 0 Å². The van der Waals surface area contributed by atoms with Gasteiger partial charge in [0.15, 0.2) is 0 Å². The minimum Gasteiger partial charge on any atom is -0.355 e. The number of hydrogen-bond acceptors (Lipinski definition) is 3. The molecular weight excluding hydrogens is 254 g/mol. The Bertz CT molecular complexity index is 329. The van der Waals surface area contributed by atoms with Crippen molar-refractivity contribution in [1.29, 1.82) is 0 Å². The Morgan fingerprint density at radius 1 is 1.53 bits per heavy atom. The number of aryl methyl sites for hydroxylation is 1. The first-order chi connectivity index (χ1) is 7.29. The number of aromatic nitrogens is 2. The molecule has 1 aliphatic rings. The van der Waals surface area contributed by atoms with Crippen LogP contribution in [0.25, 0.3) is 0 Å². The van der Waals surface area contributed by atoms with Crippen LogP contribution in [0.2, 0.25) is 0 Å². The zero-order valence-electron chi connectivity index (χ0n) is 8.99. The van der Waals surface area contributed by atoms with Crippen molar-refractivity contribution in [3.63, 3.8) is 0 Å². The van der Waals surface area contributed by atoms with Crippen molar-refractivity contribution in [2.45, 2.75) is 31.0 Å². The van der Waals surface area contributed by atoms with Crippen LogP contribution in [-0.2, 0) is 6.42 Å². The summed E-state index contributed by atoms with van der Waals surface area (Å²) in [5.41, 5.74) is 1.12. The number of rotatable bonds is 2. The average molecular weight is 270 g/mol. The van der Waals surface area contributed by atoms with E-state index in [0.717, 1.165) is 31.0 Å². The highest BCUT2D eigenvalue weighted by Gasteiger charge is 2.18. The maximum atomic E-state index is 4.34. The third-order valence-corrected chi connectivity index (χ3v) is 3.51. The van der Waals surface area contributed by atoms with Gasteiger partial charge in [-0.2, -0.15) is 0 Å². The van der Waals surface area contributed by atoms with Crippen molar-refractivity contribution in [3.8, 4) is 0 Å². The lowest BCUT2D eigenvalue weighted by molar-refractivity contribution is 0.590. The summed E-state index contributed by atoms with van der Waals surface area (Å²) in [5.74, 6) is 1.08. The second-order valence-electron chi connectivity index (χ2n) is 3.91. The summed E-state index contributed by atoms with van der Waals surface area (Å²) in [6, 6.07) is 2.10. The molecule has 1 saturated heterocycles. The molecule has 1 atom stereocenters. The molecule has 0 amide bonds. The zero-order valence-corrected chi connectivity index (χ0v) is 10.6. The van der Waals surface area contributed by atoms with Gasteiger partial charge in [0.1, 0.15) is 12.1 Å². The van der Waals surface area contributed by atoms with Crippen molar-refractivity contribution >= 4 is 21.7 Å². The Balaban J connectivity index is 2.13. The van der Waals surface area contributed by atoms with Crippen LogP contribution in [0, 0.1) is 0 Å². The molecule has 1 aromatic heterocycles. The molecule has 0 spiro atoms. The summed E-state index contributed by atoms with van der Waals surface area (Å²) in [5, 5.41) is 0. The third-order valence-electron chi connectivity index (χ3n) is 2.76. The van der Waals surface area contributed by atoms with Crippen LogP contribution < -0.4 is 4.90 Å². The van der Waals surface area contributed by atoms with Crippen molar-refractivity contribution < 1.29 is 0 Å². The molecule has 0 aliphatic carbocycles. The normalized spacial score (nSPS) is 21.7. The molecule has 4 heteroatoms. The van der Waals surface area contributed by atoms with E-state index < -0.39 is 0 Å². The van der Waals surface area contributed by atoms with Gasteiger partial charge >= 0.3 is 0 Å². The van der Waals surface area contributed by atoms with E-state index in [2.05, 4.69) is 43.8 Å². The van der Waals surface area contributed by atoms with Crippen LogP contribution in [0.3, 0.4) is 0 Å². The summed E-state index contributed by atoms with van der Waals surface area (Å²) < 4.78 is 0. The van der Waals surface area contributed by atoms with E-state index in [1.54, 1.807) is 6.33 Å². The molecule has 15 heavy (non-hydrogen) atoms. The van der Waals surface area contributed by atoms with Gasteiger partial charge in [-0.1, -0.05) is 22.9 Å². The number of anilines is 1. The Kier molecular flexibility index (Phi) is 3.57. The van der Waals surface area contributed by atoms with Gasteiger partial charge in [-0.15, -0.1) is 0 Å². The molecule has 1 aromatic rings. The average Bonchev–Trinajstić information content (AvgIpc) is 2.29. The fourth-order valence-corrected chi connectivity index (χ4v) is 2.56. The quantitative estimate of drug-likeness (QED) is 0.773. The minimum atomic E-state index is 0.603. The Labute approximate surface area is 99.0 Å². The fraction of sp³-hybridized carbons (Fsp3) is 0.636. The van der Waals surface area contributed by atoms with Crippen molar-refractivity contribution in [2.24, 2.45) is 0 Å². The first kappa shape index (κ1) is 10.9. The maximum absolute atomic E-state index is 4.34. The number of halogens is 1. The van der Waals surface area contributed by atoms with Gasteiger partial charge in [0.25, 0.3) is 0 Å². The lowest BCUT2D eigenvalue weighted by atomic mass is 10.1. The van der Waals surface area contributed by atoms with Gasteiger partial charge in [0, 0.05) is 29.7 Å². The molecule has 0 aromatic carbocycles. The highest BCUT2D eigenvalue weighted by atomic mass is 79.9. The van der Waals surface area contributed by atoms with Crippen LogP contribution in [0.1, 0.15) is 25.5 Å². The van der Waals surface area contributed by atoms with Crippen LogP contribution in [-0.4, -0.2) is 27.9 Å². The lowest BCUT2D eigenvalue weighted by Gasteiger charge is -2.30. The van der Waals surface area contributed by atoms with E-state index in [1.165, 1.54) is 12.8 Å². The lowest BCUT2D eigenvalue weighted by Crippen LogP contribution is -2.36. The van der Waals surface area contributed by atoms with Gasteiger partial charge in [0.2, 0.25) is 0 Å². The van der Waals surface area contributed by atoms with Gasteiger partial charge < -0.3 is 4.90 Å². The summed E-state index contributed by atoms with van der Waals surface area (Å²) >= 11 is 3.68. The molecule has 0 saturated carbocycles. The number of nitrogens with zero attached hydrogens (tertiary/aromatic N) is 3. The first-order valence-electron chi connectivity index (χ1n) is 5.49. The van der Waals surface area contributed by atoms with Crippen LogP contribution in [0.4, 0.5) is 5.82 Å². The molecule has 3 nitrogen and oxygen atoms in total. The zero-order chi connectivity index (χ0) is 10.7. The highest BCUT2D eigenvalue weighted by molar-refractivity contribution is 9.09. The molecule has 0 N–H and O–H groups in total. The van der Waals surface area contributed by atoms with E-state index in [1.807, 2.05) is 0 Å². The largest absolute Gasteiger partial charge is 0.355 e. The molecule has 0 bridgehead atoms. The number of alkyl halides is 1. The SMILES string of the molecule is CCc1cc(N2CCCC(Br)C2)ncn1. The molecule has 1 unspecified atom stereocenters. The van der Waals surface area contributed by atoms with Gasteiger partial charge in [-0.3, -0.25) is 0 Å². The van der Waals surface area contributed by atoms with Crippen molar-refractivity contribution in [1.82, 2.24) is 9.97 Å². The summed E-state index contributed by atoms with van der Waals surface area (Å²) in [6.45, 7) is 4.29. The van der Waals surface area contributed by atoms with Crippen LogP contribution in [0.15, 0.2) is 12.4 Å². The molecule has 82 valence electrons. The molecule has 0 radical (unpaired) electrons. The standard InChI is InChI=1S/C11H16BrN3/c1-2-10-6-11(14-8-13-10)15-5-3-4-9(12)7-15/h6,8-9H,2-5,7H2,1H3. The van der Waals surface area contributed by atoms with E-state index in [-0.39, 0.29) is 0 Å². The van der Waals surface area contributed by atoms with Gasteiger partial charge in [-0.25, -0.2) is 9.97 Å². The molecule has 1 aliphatic heterocycles. The van der Waals surface area contributed by atoms with Crippen molar-refractivity contribution in [2.75, 3.05) is 18.0 Å². The smallest absolute Gasteiger partial charge is 0.132 e. The summed E-state index contributed by atoms with van der Waals surface area (Å²) in [7, 11) is 0. The van der Waals surface area contributed by atoms with Crippen LogP contribution >= 0.6 is 15.9 Å². The maximum Gasteiger partial charge on any atom is 0.132 e. The second kappa shape index (κ2) is 4.92. The monoisotopic (exact) mass is 269 g/mol. The predicted molar refractivity (Wildman–Crippen MR) is 65.6 cm³/mol. The number of piperidine rings is 1. The topological polar surface area (TPSA) is 29.0 Å². The van der Waals surface area contributed by atoms with E-state index >= 15 is 0 Å². The Hall–Kier alpha value is -0.640. The molecular formula is C11H16BrN3. The molecule has 2 rings (SSSR count). The van der Waals surface area contributed by atoms with E-state index in [0.29, 0.717) is 4.83 Å². The summed E-state index contributed by atoms with van der Waals surface area (Å²) in [4.78, 5) is 11.5. The minimum absolute atomic E-state index is 0.603. The Morgan fingerprint density at radius 3 is 3.13 bits per heavy atom. The highest BCUT2D eigenvalue weighted by Crippen LogP contribution is 2.21.